The van der Waals surface area contributed by atoms with Crippen molar-refractivity contribution in [1.82, 2.24) is 4.98 Å². The molecule has 2 aromatic heterocycles. The molecule has 0 radical (unpaired) electrons. The number of thiazole rings is 1. The lowest BCUT2D eigenvalue weighted by Gasteiger charge is -2.22. The van der Waals surface area contributed by atoms with Crippen LogP contribution in [0.1, 0.15) is 43.1 Å². The average Bonchev–Trinajstić information content (AvgIpc) is 3.35. The Hall–Kier alpha value is -4.04. The molecule has 1 amide bonds. The van der Waals surface area contributed by atoms with Gasteiger partial charge in [-0.1, -0.05) is 66.5 Å². The van der Waals surface area contributed by atoms with E-state index in [2.05, 4.69) is 11.6 Å². The van der Waals surface area contributed by atoms with Gasteiger partial charge in [-0.3, -0.25) is 14.5 Å². The lowest BCUT2D eigenvalue weighted by atomic mass is 9.99. The summed E-state index contributed by atoms with van der Waals surface area (Å²) in [5, 5.41) is 0.683. The molecule has 8 heteroatoms. The van der Waals surface area contributed by atoms with Gasteiger partial charge in [0.05, 0.1) is 22.7 Å². The van der Waals surface area contributed by atoms with Crippen molar-refractivity contribution in [2.75, 3.05) is 11.5 Å². The number of aryl methyl sites for hydroxylation is 1. The third-order valence-corrected chi connectivity index (χ3v) is 6.54. The van der Waals surface area contributed by atoms with E-state index >= 15 is 0 Å². The van der Waals surface area contributed by atoms with Crippen molar-refractivity contribution in [1.29, 1.82) is 0 Å². The minimum absolute atomic E-state index is 0.0174. The molecule has 1 aliphatic heterocycles. The number of esters is 1. The van der Waals surface area contributed by atoms with Crippen LogP contribution < -0.4 is 10.3 Å². The molecule has 3 heterocycles. The first-order chi connectivity index (χ1) is 16.0. The van der Waals surface area contributed by atoms with E-state index in [0.29, 0.717) is 16.7 Å². The van der Waals surface area contributed by atoms with Gasteiger partial charge >= 0.3 is 5.97 Å². The number of para-hydroxylation sites is 1. The summed E-state index contributed by atoms with van der Waals surface area (Å²) in [6.07, 6.45) is 1.48. The fourth-order valence-electron chi connectivity index (χ4n) is 3.94. The van der Waals surface area contributed by atoms with Crippen LogP contribution in [0.2, 0.25) is 0 Å². The summed E-state index contributed by atoms with van der Waals surface area (Å²) in [5.74, 6) is -1.05. The van der Waals surface area contributed by atoms with Crippen molar-refractivity contribution in [3.8, 4) is 0 Å². The van der Waals surface area contributed by atoms with Gasteiger partial charge in [0.15, 0.2) is 10.6 Å². The fourth-order valence-corrected chi connectivity index (χ4v) is 4.93. The van der Waals surface area contributed by atoms with Gasteiger partial charge in [-0.2, -0.15) is 0 Å². The molecule has 1 atom stereocenters. The summed E-state index contributed by atoms with van der Waals surface area (Å²) in [6, 6.07) is 15.3. The van der Waals surface area contributed by atoms with E-state index in [1.54, 1.807) is 31.2 Å². The predicted octanol–water partition coefficient (Wildman–Crippen LogP) is 4.65. The summed E-state index contributed by atoms with van der Waals surface area (Å²) in [7, 11) is 0. The Morgan fingerprint density at radius 1 is 1.18 bits per heavy atom. The summed E-state index contributed by atoms with van der Waals surface area (Å²) in [5.41, 5.74) is 1.50. The van der Waals surface area contributed by atoms with E-state index < -0.39 is 17.9 Å². The number of anilines is 1. The second-order valence-electron chi connectivity index (χ2n) is 7.46. The number of hydrogen-bond donors (Lipinski definition) is 0. The summed E-state index contributed by atoms with van der Waals surface area (Å²) >= 11 is 1.04. The standard InChI is InChI=1S/C25H18N2O5S/c1-3-13-31-24(30)22-14(2)26-25(33-22)27-19(15-9-5-4-6-10-15)18-20(28)16-11-7-8-12-17(16)32-21(18)23(27)29/h3-12,19H,1,13H2,2H3/t19-/m1/s1. The van der Waals surface area contributed by atoms with E-state index in [0.717, 1.165) is 16.9 Å². The highest BCUT2D eigenvalue weighted by Gasteiger charge is 2.45. The number of amides is 1. The van der Waals surface area contributed by atoms with Gasteiger partial charge in [0, 0.05) is 0 Å². The SMILES string of the molecule is C=CCOC(=O)c1sc(N2C(=O)c3oc4ccccc4c(=O)c3[C@H]2c2ccccc2)nc1C. The molecule has 164 valence electrons. The highest BCUT2D eigenvalue weighted by atomic mass is 32.1. The van der Waals surface area contributed by atoms with Crippen LogP contribution in [-0.2, 0) is 4.74 Å². The fraction of sp³-hybridized carbons (Fsp3) is 0.120. The van der Waals surface area contributed by atoms with E-state index in [4.69, 9.17) is 9.15 Å². The van der Waals surface area contributed by atoms with E-state index in [-0.39, 0.29) is 33.4 Å². The van der Waals surface area contributed by atoms with Gasteiger partial charge in [-0.15, -0.1) is 0 Å². The Kier molecular flexibility index (Phi) is 5.14. The molecule has 0 fully saturated rings. The number of nitrogens with zero attached hydrogens (tertiary/aromatic N) is 2. The Bertz CT molecular complexity index is 1470. The first kappa shape index (κ1) is 20.8. The zero-order valence-corrected chi connectivity index (χ0v) is 18.4. The number of ether oxygens (including phenoxy) is 1. The van der Waals surface area contributed by atoms with E-state index in [1.165, 1.54) is 11.0 Å². The van der Waals surface area contributed by atoms with Crippen LogP contribution in [-0.4, -0.2) is 23.5 Å². The Morgan fingerprint density at radius 2 is 1.91 bits per heavy atom. The van der Waals surface area contributed by atoms with Crippen LogP contribution >= 0.6 is 11.3 Å². The maximum absolute atomic E-state index is 13.6. The van der Waals surface area contributed by atoms with E-state index in [9.17, 15) is 14.4 Å². The second-order valence-corrected chi connectivity index (χ2v) is 8.43. The Labute approximate surface area is 192 Å². The molecule has 7 nitrogen and oxygen atoms in total. The first-order valence-electron chi connectivity index (χ1n) is 10.2. The number of rotatable bonds is 5. The van der Waals surface area contributed by atoms with Crippen LogP contribution in [0.5, 0.6) is 0 Å². The van der Waals surface area contributed by atoms with E-state index in [1.807, 2.05) is 30.3 Å². The zero-order chi connectivity index (χ0) is 23.1. The summed E-state index contributed by atoms with van der Waals surface area (Å²) < 4.78 is 11.1. The molecule has 0 aliphatic carbocycles. The quantitative estimate of drug-likeness (QED) is 0.319. The monoisotopic (exact) mass is 458 g/mol. The lowest BCUT2D eigenvalue weighted by Crippen LogP contribution is -2.29. The number of benzene rings is 2. The number of carbonyl (C=O) groups is 2. The number of aromatic nitrogens is 1. The largest absolute Gasteiger partial charge is 0.457 e. The minimum Gasteiger partial charge on any atom is -0.457 e. The van der Waals surface area contributed by atoms with Gasteiger partial charge in [-0.05, 0) is 24.6 Å². The van der Waals surface area contributed by atoms with Crippen molar-refractivity contribution in [3.63, 3.8) is 0 Å². The molecule has 4 aromatic rings. The zero-order valence-electron chi connectivity index (χ0n) is 17.6. The van der Waals surface area contributed by atoms with Gasteiger partial charge in [0.2, 0.25) is 5.76 Å². The van der Waals surface area contributed by atoms with Crippen molar-refractivity contribution >= 4 is 39.3 Å². The summed E-state index contributed by atoms with van der Waals surface area (Å²) in [6.45, 7) is 5.28. The number of hydrogen-bond acceptors (Lipinski definition) is 7. The van der Waals surface area contributed by atoms with Crippen molar-refractivity contribution in [2.45, 2.75) is 13.0 Å². The van der Waals surface area contributed by atoms with Crippen LogP contribution in [0.4, 0.5) is 5.13 Å². The highest BCUT2D eigenvalue weighted by Crippen LogP contribution is 2.43. The normalized spacial score (nSPS) is 15.0. The predicted molar refractivity (Wildman–Crippen MR) is 125 cm³/mol. The Morgan fingerprint density at radius 3 is 2.67 bits per heavy atom. The van der Waals surface area contributed by atoms with Crippen LogP contribution in [0, 0.1) is 6.92 Å². The molecule has 2 aromatic carbocycles. The molecule has 0 N–H and O–H groups in total. The molecule has 1 aliphatic rings. The third-order valence-electron chi connectivity index (χ3n) is 5.40. The van der Waals surface area contributed by atoms with Gasteiger partial charge in [0.25, 0.3) is 5.91 Å². The minimum atomic E-state index is -0.739. The molecule has 0 spiro atoms. The van der Waals surface area contributed by atoms with Gasteiger partial charge in [0.1, 0.15) is 17.1 Å². The first-order valence-corrected chi connectivity index (χ1v) is 11.0. The van der Waals surface area contributed by atoms with Crippen molar-refractivity contribution < 1.29 is 18.7 Å². The van der Waals surface area contributed by atoms with Crippen molar-refractivity contribution in [2.24, 2.45) is 0 Å². The number of fused-ring (bicyclic) bond motifs is 2. The molecule has 0 bridgehead atoms. The smallest absolute Gasteiger partial charge is 0.350 e. The topological polar surface area (TPSA) is 89.7 Å². The molecule has 0 saturated heterocycles. The average molecular weight is 458 g/mol. The molecule has 33 heavy (non-hydrogen) atoms. The van der Waals surface area contributed by atoms with Gasteiger partial charge < -0.3 is 9.15 Å². The molecule has 5 rings (SSSR count). The lowest BCUT2D eigenvalue weighted by molar-refractivity contribution is 0.0554. The van der Waals surface area contributed by atoms with Gasteiger partial charge in [-0.25, -0.2) is 9.78 Å². The summed E-state index contributed by atoms with van der Waals surface area (Å²) in [4.78, 5) is 45.7. The maximum Gasteiger partial charge on any atom is 0.350 e. The Balaban J connectivity index is 1.70. The van der Waals surface area contributed by atoms with Crippen LogP contribution in [0.15, 0.2) is 76.5 Å². The number of carbonyl (C=O) groups excluding carboxylic acids is 2. The van der Waals surface area contributed by atoms with Crippen LogP contribution in [0.3, 0.4) is 0 Å². The maximum atomic E-state index is 13.6. The highest BCUT2D eigenvalue weighted by molar-refractivity contribution is 7.17. The molecular formula is C25H18N2O5S. The molecule has 0 unspecified atom stereocenters. The van der Waals surface area contributed by atoms with Crippen LogP contribution in [0.25, 0.3) is 11.0 Å². The third kappa shape index (κ3) is 3.35. The van der Waals surface area contributed by atoms with Crippen molar-refractivity contribution in [3.05, 3.63) is 105 Å². The molecular weight excluding hydrogens is 440 g/mol. The second kappa shape index (κ2) is 8.14. The molecule has 0 saturated carbocycles.